The molecule has 1 amide bonds. The van der Waals surface area contributed by atoms with E-state index in [0.29, 0.717) is 22.4 Å². The molecule has 3 rings (SSSR count). The van der Waals surface area contributed by atoms with E-state index in [1.54, 1.807) is 12.1 Å². The second kappa shape index (κ2) is 5.96. The van der Waals surface area contributed by atoms with Crippen LogP contribution in [-0.2, 0) is 0 Å². The van der Waals surface area contributed by atoms with Gasteiger partial charge in [-0.3, -0.25) is 10.2 Å². The van der Waals surface area contributed by atoms with Crippen molar-refractivity contribution in [2.45, 2.75) is 6.92 Å². The number of ether oxygens (including phenoxy) is 1. The first-order valence-electron chi connectivity index (χ1n) is 7.12. The minimum atomic E-state index is -0.377. The van der Waals surface area contributed by atoms with Gasteiger partial charge in [-0.2, -0.15) is 0 Å². The molecule has 23 heavy (non-hydrogen) atoms. The van der Waals surface area contributed by atoms with Gasteiger partial charge in [-0.1, -0.05) is 30.3 Å². The fraction of sp³-hybridized carbons (Fsp3) is 0.111. The second-order valence-electron chi connectivity index (χ2n) is 5.14. The van der Waals surface area contributed by atoms with Gasteiger partial charge in [0.25, 0.3) is 5.91 Å². The van der Waals surface area contributed by atoms with E-state index in [0.717, 1.165) is 5.56 Å². The van der Waals surface area contributed by atoms with Crippen molar-refractivity contribution in [2.75, 3.05) is 12.4 Å². The fourth-order valence-corrected chi connectivity index (χ4v) is 2.37. The maximum atomic E-state index is 12.5. The molecule has 5 nitrogen and oxygen atoms in total. The summed E-state index contributed by atoms with van der Waals surface area (Å²) in [7, 11) is 1.53. The molecule has 0 unspecified atom stereocenters. The molecule has 0 saturated heterocycles. The van der Waals surface area contributed by atoms with Gasteiger partial charge in [0.05, 0.1) is 7.11 Å². The van der Waals surface area contributed by atoms with E-state index in [1.807, 2.05) is 43.3 Å². The molecule has 1 heterocycles. The Hall–Kier alpha value is -3.08. The number of carbonyl (C=O) groups excluding carboxylic acids is 1. The quantitative estimate of drug-likeness (QED) is 0.777. The van der Waals surface area contributed by atoms with Gasteiger partial charge in [0.2, 0.25) is 5.55 Å². The van der Waals surface area contributed by atoms with Crippen LogP contribution in [-0.4, -0.2) is 13.0 Å². The molecule has 0 saturated carbocycles. The van der Waals surface area contributed by atoms with Crippen molar-refractivity contribution >= 4 is 22.6 Å². The van der Waals surface area contributed by atoms with Crippen LogP contribution < -0.4 is 15.6 Å². The average Bonchev–Trinajstić information content (AvgIpc) is 2.55. The van der Waals surface area contributed by atoms with E-state index >= 15 is 0 Å². The Morgan fingerprint density at radius 3 is 2.70 bits per heavy atom. The van der Waals surface area contributed by atoms with Gasteiger partial charge in [-0.25, -0.2) is 0 Å². The first kappa shape index (κ1) is 14.8. The summed E-state index contributed by atoms with van der Waals surface area (Å²) in [4.78, 5) is 12.5. The van der Waals surface area contributed by atoms with Gasteiger partial charge in [0.1, 0.15) is 5.56 Å². The number of hydrogen-bond donors (Lipinski definition) is 2. The Morgan fingerprint density at radius 2 is 1.96 bits per heavy atom. The van der Waals surface area contributed by atoms with E-state index in [4.69, 9.17) is 14.6 Å². The van der Waals surface area contributed by atoms with Crippen molar-refractivity contribution < 1.29 is 13.9 Å². The van der Waals surface area contributed by atoms with Crippen molar-refractivity contribution in [1.82, 2.24) is 0 Å². The molecule has 0 atom stereocenters. The normalized spacial score (nSPS) is 10.5. The summed E-state index contributed by atoms with van der Waals surface area (Å²) < 4.78 is 10.7. The highest BCUT2D eigenvalue weighted by atomic mass is 16.5. The molecule has 0 bridgehead atoms. The first-order valence-corrected chi connectivity index (χ1v) is 7.12. The molecule has 0 aliphatic rings. The SMILES string of the molecule is COc1cccc2cc(C(=O)Nc3ccccc3C)c(=N)oc12. The zero-order valence-corrected chi connectivity index (χ0v) is 12.8. The van der Waals surface area contributed by atoms with Gasteiger partial charge in [-0.15, -0.1) is 0 Å². The van der Waals surface area contributed by atoms with Crippen LogP contribution in [0.2, 0.25) is 0 Å². The van der Waals surface area contributed by atoms with Crippen LogP contribution in [0.1, 0.15) is 15.9 Å². The number of methoxy groups -OCH3 is 1. The van der Waals surface area contributed by atoms with Crippen LogP contribution in [0.25, 0.3) is 11.0 Å². The molecule has 0 aliphatic heterocycles. The van der Waals surface area contributed by atoms with Crippen molar-refractivity contribution in [1.29, 1.82) is 5.41 Å². The standard InChI is InChI=1S/C18H16N2O3/c1-11-6-3-4-8-14(11)20-18(21)13-10-12-7-5-9-15(22-2)16(12)23-17(13)19/h3-10,19H,1-2H3,(H,20,21). The molecule has 1 aromatic heterocycles. The number of aryl methyl sites for hydroxylation is 1. The van der Waals surface area contributed by atoms with Crippen LogP contribution in [0.3, 0.4) is 0 Å². The van der Waals surface area contributed by atoms with E-state index in [-0.39, 0.29) is 17.0 Å². The van der Waals surface area contributed by atoms with Crippen molar-refractivity contribution in [3.05, 3.63) is 65.2 Å². The molecule has 0 aliphatic carbocycles. The maximum absolute atomic E-state index is 12.5. The molecule has 5 heteroatoms. The Morgan fingerprint density at radius 1 is 1.17 bits per heavy atom. The summed E-state index contributed by atoms with van der Waals surface area (Å²) in [5, 5.41) is 11.5. The zero-order valence-electron chi connectivity index (χ0n) is 12.8. The summed E-state index contributed by atoms with van der Waals surface area (Å²) in [6.45, 7) is 1.91. The molecule has 3 aromatic rings. The van der Waals surface area contributed by atoms with E-state index < -0.39 is 0 Å². The first-order chi connectivity index (χ1) is 11.1. The Labute approximate surface area is 133 Å². The predicted octanol–water partition coefficient (Wildman–Crippen LogP) is 3.48. The largest absolute Gasteiger partial charge is 0.493 e. The minimum absolute atomic E-state index is 0.175. The average molecular weight is 308 g/mol. The summed E-state index contributed by atoms with van der Waals surface area (Å²) in [5.41, 5.74) is 2.09. The molecule has 2 aromatic carbocycles. The van der Waals surface area contributed by atoms with Gasteiger partial charge < -0.3 is 14.5 Å². The van der Waals surface area contributed by atoms with Crippen LogP contribution in [0, 0.1) is 12.3 Å². The van der Waals surface area contributed by atoms with Gasteiger partial charge >= 0.3 is 0 Å². The topological polar surface area (TPSA) is 75.3 Å². The molecule has 0 spiro atoms. The number of carbonyl (C=O) groups is 1. The minimum Gasteiger partial charge on any atom is -0.493 e. The number of rotatable bonds is 3. The van der Waals surface area contributed by atoms with Crippen LogP contribution in [0.15, 0.2) is 52.9 Å². The Balaban J connectivity index is 2.03. The van der Waals surface area contributed by atoms with Crippen molar-refractivity contribution in [3.63, 3.8) is 0 Å². The fourth-order valence-electron chi connectivity index (χ4n) is 2.37. The lowest BCUT2D eigenvalue weighted by molar-refractivity contribution is 0.102. The third-order valence-corrected chi connectivity index (χ3v) is 3.62. The maximum Gasteiger partial charge on any atom is 0.261 e. The third-order valence-electron chi connectivity index (χ3n) is 3.62. The van der Waals surface area contributed by atoms with Gasteiger partial charge in [0.15, 0.2) is 11.3 Å². The van der Waals surface area contributed by atoms with E-state index in [9.17, 15) is 4.79 Å². The lowest BCUT2D eigenvalue weighted by Gasteiger charge is -2.09. The van der Waals surface area contributed by atoms with E-state index in [1.165, 1.54) is 7.11 Å². The number of para-hydroxylation sites is 2. The van der Waals surface area contributed by atoms with Crippen LogP contribution in [0.5, 0.6) is 5.75 Å². The number of nitrogens with one attached hydrogen (secondary N) is 2. The molecular weight excluding hydrogens is 292 g/mol. The monoisotopic (exact) mass is 308 g/mol. The lowest BCUT2D eigenvalue weighted by atomic mass is 10.1. The van der Waals surface area contributed by atoms with Gasteiger partial charge in [0, 0.05) is 11.1 Å². The summed E-state index contributed by atoms with van der Waals surface area (Å²) in [5.74, 6) is 0.152. The highest BCUT2D eigenvalue weighted by Gasteiger charge is 2.14. The molecule has 2 N–H and O–H groups in total. The predicted molar refractivity (Wildman–Crippen MR) is 87.8 cm³/mol. The molecule has 0 radical (unpaired) electrons. The zero-order chi connectivity index (χ0) is 16.4. The molecule has 0 fully saturated rings. The highest BCUT2D eigenvalue weighted by molar-refractivity contribution is 6.05. The number of amides is 1. The number of benzene rings is 2. The number of fused-ring (bicyclic) bond motifs is 1. The lowest BCUT2D eigenvalue weighted by Crippen LogP contribution is -2.21. The number of anilines is 1. The van der Waals surface area contributed by atoms with Crippen molar-refractivity contribution in [3.8, 4) is 5.75 Å². The summed E-state index contributed by atoms with van der Waals surface area (Å²) in [6.07, 6.45) is 0. The highest BCUT2D eigenvalue weighted by Crippen LogP contribution is 2.24. The molecule has 116 valence electrons. The van der Waals surface area contributed by atoms with Crippen molar-refractivity contribution in [2.24, 2.45) is 0 Å². The smallest absolute Gasteiger partial charge is 0.261 e. The van der Waals surface area contributed by atoms with E-state index in [2.05, 4.69) is 5.32 Å². The number of hydrogen-bond acceptors (Lipinski definition) is 4. The van der Waals surface area contributed by atoms with Crippen LogP contribution >= 0.6 is 0 Å². The summed E-state index contributed by atoms with van der Waals surface area (Å²) in [6, 6.07) is 14.5. The Kier molecular flexibility index (Phi) is 3.85. The Bertz CT molecular complexity index is 944. The summed E-state index contributed by atoms with van der Waals surface area (Å²) >= 11 is 0. The molecular formula is C18H16N2O3. The van der Waals surface area contributed by atoms with Gasteiger partial charge in [-0.05, 0) is 30.7 Å². The second-order valence-corrected chi connectivity index (χ2v) is 5.14. The van der Waals surface area contributed by atoms with Crippen LogP contribution in [0.4, 0.5) is 5.69 Å². The third kappa shape index (κ3) is 2.81.